The zero-order valence-corrected chi connectivity index (χ0v) is 34.5. The van der Waals surface area contributed by atoms with E-state index >= 15 is 0 Å². The van der Waals surface area contributed by atoms with Crippen molar-refractivity contribution in [3.8, 4) is 45.5 Å². The molecule has 298 valence electrons. The fourth-order valence-corrected chi connectivity index (χ4v) is 10.3. The van der Waals surface area contributed by atoms with E-state index in [2.05, 4.69) is 94.1 Å². The van der Waals surface area contributed by atoms with Gasteiger partial charge in [-0.3, -0.25) is 4.57 Å². The fourth-order valence-electron chi connectivity index (χ4n) is 9.02. The quantitative estimate of drug-likeness (QED) is 0.160. The maximum absolute atomic E-state index is 14.1. The van der Waals surface area contributed by atoms with Crippen molar-refractivity contribution in [2.45, 2.75) is 9.79 Å². The summed E-state index contributed by atoms with van der Waals surface area (Å²) < 4.78 is 32.5. The maximum Gasteiger partial charge on any atom is 0.238 e. The Hall–Kier alpha value is -8.20. The van der Waals surface area contributed by atoms with Crippen LogP contribution in [0.5, 0.6) is 0 Å². The Morgan fingerprint density at radius 1 is 0.349 bits per heavy atom. The van der Waals surface area contributed by atoms with Gasteiger partial charge < -0.3 is 4.57 Å². The molecular weight excluding hydrogens is 795 g/mol. The molecule has 0 saturated carbocycles. The molecule has 3 aromatic heterocycles. The first-order chi connectivity index (χ1) is 31.0. The largest absolute Gasteiger partial charge is 0.309 e. The molecule has 0 unspecified atom stereocenters. The molecule has 0 amide bonds. The lowest BCUT2D eigenvalue weighted by atomic mass is 10.0. The third-order valence-corrected chi connectivity index (χ3v) is 13.8. The highest BCUT2D eigenvalue weighted by atomic mass is 32.2. The first-order valence-corrected chi connectivity index (χ1v) is 22.3. The second-order valence-electron chi connectivity index (χ2n) is 15.7. The van der Waals surface area contributed by atoms with Gasteiger partial charge in [0.2, 0.25) is 15.8 Å². The van der Waals surface area contributed by atoms with Gasteiger partial charge in [-0.15, -0.1) is 0 Å². The summed E-state index contributed by atoms with van der Waals surface area (Å²) in [6.07, 6.45) is 0. The highest BCUT2D eigenvalue weighted by Crippen LogP contribution is 2.38. The molecule has 0 radical (unpaired) electrons. The first kappa shape index (κ1) is 36.6. The standard InChI is InChI=1S/C55H35N5O2S/c61-63(62,43-31-27-41(28-32-43)59-49-22-12-10-20-46(49)52-44-18-8-7-13-37(44)25-34-51(52)59)42-29-23-36(24-30-42)40-26-33-50-47(35-40)45-19-9-11-21-48(45)60(50)55-57-53(38-14-3-1-4-15-38)56-54(58-55)39-16-5-2-6-17-39/h1-35H. The minimum atomic E-state index is -3.81. The lowest BCUT2D eigenvalue weighted by molar-refractivity contribution is 0.596. The van der Waals surface area contributed by atoms with Crippen molar-refractivity contribution < 1.29 is 8.42 Å². The summed E-state index contributed by atoms with van der Waals surface area (Å²) in [4.78, 5) is 15.5. The normalized spacial score (nSPS) is 11.9. The molecule has 0 N–H and O–H groups in total. The van der Waals surface area contributed by atoms with E-state index < -0.39 is 9.84 Å². The second-order valence-corrected chi connectivity index (χ2v) is 17.6. The zero-order valence-electron chi connectivity index (χ0n) is 33.7. The van der Waals surface area contributed by atoms with Gasteiger partial charge in [-0.05, 0) is 88.6 Å². The molecule has 63 heavy (non-hydrogen) atoms. The lowest BCUT2D eigenvalue weighted by Crippen LogP contribution is -2.06. The Morgan fingerprint density at radius 2 is 0.857 bits per heavy atom. The van der Waals surface area contributed by atoms with E-state index in [4.69, 9.17) is 15.0 Å². The van der Waals surface area contributed by atoms with Crippen molar-refractivity contribution in [3.63, 3.8) is 0 Å². The summed E-state index contributed by atoms with van der Waals surface area (Å²) in [6, 6.07) is 70.0. The Morgan fingerprint density at radius 3 is 1.52 bits per heavy atom. The summed E-state index contributed by atoms with van der Waals surface area (Å²) >= 11 is 0. The van der Waals surface area contributed by atoms with Crippen LogP contribution < -0.4 is 0 Å². The van der Waals surface area contributed by atoms with Gasteiger partial charge in [0.1, 0.15) is 0 Å². The Labute approximate surface area is 362 Å². The highest BCUT2D eigenvalue weighted by Gasteiger charge is 2.21. The molecule has 12 rings (SSSR count). The number of para-hydroxylation sites is 2. The van der Waals surface area contributed by atoms with Crippen LogP contribution in [-0.2, 0) is 9.84 Å². The Balaban J connectivity index is 0.895. The second kappa shape index (κ2) is 14.5. The van der Waals surface area contributed by atoms with E-state index in [1.807, 2.05) is 103 Å². The minimum absolute atomic E-state index is 0.235. The van der Waals surface area contributed by atoms with Crippen LogP contribution in [0.4, 0.5) is 0 Å². The van der Waals surface area contributed by atoms with Gasteiger partial charge in [-0.2, -0.15) is 9.97 Å². The summed E-state index contributed by atoms with van der Waals surface area (Å²) in [5.74, 6) is 1.70. The molecule has 0 atom stereocenters. The number of hydrogen-bond acceptors (Lipinski definition) is 5. The van der Waals surface area contributed by atoms with Crippen LogP contribution in [0.3, 0.4) is 0 Å². The smallest absolute Gasteiger partial charge is 0.238 e. The van der Waals surface area contributed by atoms with E-state index in [9.17, 15) is 8.42 Å². The Bertz CT molecular complexity index is 3790. The maximum atomic E-state index is 14.1. The van der Waals surface area contributed by atoms with Gasteiger partial charge in [0.15, 0.2) is 11.6 Å². The van der Waals surface area contributed by atoms with Crippen LogP contribution in [0.25, 0.3) is 99.9 Å². The molecule has 0 aliphatic carbocycles. The average Bonchev–Trinajstić information content (AvgIpc) is 3.87. The molecule has 0 bridgehead atoms. The zero-order chi connectivity index (χ0) is 42.1. The first-order valence-electron chi connectivity index (χ1n) is 20.8. The molecule has 0 fully saturated rings. The predicted molar refractivity (Wildman–Crippen MR) is 254 cm³/mol. The summed E-state index contributed by atoms with van der Waals surface area (Å²) in [6.45, 7) is 0. The summed E-state index contributed by atoms with van der Waals surface area (Å²) in [5, 5.41) is 6.79. The fraction of sp³-hybridized carbons (Fsp3) is 0. The number of hydrogen-bond donors (Lipinski definition) is 0. The minimum Gasteiger partial charge on any atom is -0.309 e. The van der Waals surface area contributed by atoms with Crippen LogP contribution in [0.1, 0.15) is 0 Å². The Kier molecular flexibility index (Phi) is 8.42. The monoisotopic (exact) mass is 829 g/mol. The van der Waals surface area contributed by atoms with Gasteiger partial charge in [0.25, 0.3) is 0 Å². The van der Waals surface area contributed by atoms with Crippen molar-refractivity contribution in [3.05, 3.63) is 212 Å². The van der Waals surface area contributed by atoms with Crippen LogP contribution >= 0.6 is 0 Å². The molecule has 0 aliphatic heterocycles. The van der Waals surface area contributed by atoms with Crippen LogP contribution in [0.2, 0.25) is 0 Å². The van der Waals surface area contributed by atoms with E-state index in [1.54, 1.807) is 24.3 Å². The molecular formula is C55H35N5O2S. The molecule has 3 heterocycles. The molecule has 0 aliphatic rings. The summed E-state index contributed by atoms with van der Waals surface area (Å²) in [5.41, 5.74) is 8.61. The van der Waals surface area contributed by atoms with Gasteiger partial charge >= 0.3 is 0 Å². The number of rotatable bonds is 7. The molecule has 0 spiro atoms. The molecule has 12 aromatic rings. The van der Waals surface area contributed by atoms with E-state index in [-0.39, 0.29) is 9.79 Å². The SMILES string of the molecule is O=S(=O)(c1ccc(-c2ccc3c(c2)c2ccccc2n3-c2nc(-c3ccccc3)nc(-c3ccccc3)n2)cc1)c1ccc(-n2c3ccccc3c3c4ccccc4ccc32)cc1. The molecule has 7 nitrogen and oxygen atoms in total. The molecule has 9 aromatic carbocycles. The number of aromatic nitrogens is 5. The molecule has 0 saturated heterocycles. The third-order valence-electron chi connectivity index (χ3n) is 12.0. The van der Waals surface area contributed by atoms with Gasteiger partial charge in [0, 0.05) is 38.4 Å². The van der Waals surface area contributed by atoms with Crippen molar-refractivity contribution in [1.29, 1.82) is 0 Å². The summed E-state index contributed by atoms with van der Waals surface area (Å²) in [7, 11) is -3.81. The number of benzene rings is 9. The average molecular weight is 830 g/mol. The van der Waals surface area contributed by atoms with E-state index in [0.717, 1.165) is 66.2 Å². The van der Waals surface area contributed by atoms with Crippen molar-refractivity contribution in [2.24, 2.45) is 0 Å². The van der Waals surface area contributed by atoms with E-state index in [0.29, 0.717) is 17.6 Å². The molecule has 8 heteroatoms. The van der Waals surface area contributed by atoms with Crippen molar-refractivity contribution in [2.75, 3.05) is 0 Å². The highest BCUT2D eigenvalue weighted by molar-refractivity contribution is 7.91. The van der Waals surface area contributed by atoms with E-state index in [1.165, 1.54) is 16.2 Å². The van der Waals surface area contributed by atoms with Crippen LogP contribution in [-0.4, -0.2) is 32.5 Å². The topological polar surface area (TPSA) is 82.7 Å². The number of fused-ring (bicyclic) bond motifs is 8. The third kappa shape index (κ3) is 6.02. The van der Waals surface area contributed by atoms with Crippen molar-refractivity contribution >= 4 is 64.2 Å². The van der Waals surface area contributed by atoms with Gasteiger partial charge in [0.05, 0.1) is 31.9 Å². The van der Waals surface area contributed by atoms with Gasteiger partial charge in [-0.1, -0.05) is 146 Å². The lowest BCUT2D eigenvalue weighted by Gasteiger charge is -2.11. The van der Waals surface area contributed by atoms with Crippen molar-refractivity contribution in [1.82, 2.24) is 24.1 Å². The van der Waals surface area contributed by atoms with Crippen LogP contribution in [0, 0.1) is 0 Å². The van der Waals surface area contributed by atoms with Crippen LogP contribution in [0.15, 0.2) is 222 Å². The number of nitrogens with zero attached hydrogens (tertiary/aromatic N) is 5. The predicted octanol–water partition coefficient (Wildman–Crippen LogP) is 13.1. The number of sulfone groups is 1. The van der Waals surface area contributed by atoms with Gasteiger partial charge in [-0.25, -0.2) is 13.4 Å².